The Labute approximate surface area is 199 Å². The molecular formula is C28H28N2O4. The molecule has 2 heterocycles. The Kier molecular flexibility index (Phi) is 5.74. The summed E-state index contributed by atoms with van der Waals surface area (Å²) in [6.07, 6.45) is 0.766. The SMILES string of the molecule is COc1cc2c(cc1OC)[C@@H](C(=O)N(C)Cc1ccccc1)[C@H]1c3ccccc3CCN1C2=O. The highest BCUT2D eigenvalue weighted by Gasteiger charge is 2.47. The van der Waals surface area contributed by atoms with Crippen LogP contribution >= 0.6 is 0 Å². The summed E-state index contributed by atoms with van der Waals surface area (Å²) < 4.78 is 11.0. The van der Waals surface area contributed by atoms with E-state index in [0.29, 0.717) is 35.7 Å². The largest absolute Gasteiger partial charge is 0.493 e. The Morgan fingerprint density at radius 1 is 0.971 bits per heavy atom. The zero-order valence-electron chi connectivity index (χ0n) is 19.7. The quantitative estimate of drug-likeness (QED) is 0.578. The number of rotatable bonds is 5. The van der Waals surface area contributed by atoms with E-state index in [-0.39, 0.29) is 17.9 Å². The normalized spacial score (nSPS) is 18.4. The molecule has 0 unspecified atom stereocenters. The van der Waals surface area contributed by atoms with Crippen molar-refractivity contribution < 1.29 is 19.1 Å². The lowest BCUT2D eigenvalue weighted by Crippen LogP contribution is -2.50. The number of nitrogens with zero attached hydrogens (tertiary/aromatic N) is 2. The van der Waals surface area contributed by atoms with Crippen molar-refractivity contribution in [2.45, 2.75) is 24.9 Å². The topological polar surface area (TPSA) is 59.1 Å². The van der Waals surface area contributed by atoms with Gasteiger partial charge >= 0.3 is 0 Å². The van der Waals surface area contributed by atoms with Gasteiger partial charge in [0.05, 0.1) is 26.2 Å². The molecule has 6 heteroatoms. The van der Waals surface area contributed by atoms with E-state index in [4.69, 9.17) is 9.47 Å². The van der Waals surface area contributed by atoms with Crippen LogP contribution < -0.4 is 9.47 Å². The third kappa shape index (κ3) is 3.59. The van der Waals surface area contributed by atoms with E-state index in [1.54, 1.807) is 31.3 Å². The van der Waals surface area contributed by atoms with Crippen LogP contribution in [0, 0.1) is 0 Å². The van der Waals surface area contributed by atoms with E-state index in [0.717, 1.165) is 17.5 Å². The Balaban J connectivity index is 1.65. The first-order valence-electron chi connectivity index (χ1n) is 11.5. The van der Waals surface area contributed by atoms with Gasteiger partial charge < -0.3 is 19.3 Å². The maximum absolute atomic E-state index is 14.1. The van der Waals surface area contributed by atoms with Crippen LogP contribution in [0.3, 0.4) is 0 Å². The van der Waals surface area contributed by atoms with Gasteiger partial charge in [-0.2, -0.15) is 0 Å². The first-order valence-corrected chi connectivity index (χ1v) is 11.5. The van der Waals surface area contributed by atoms with Crippen LogP contribution in [0.25, 0.3) is 0 Å². The second kappa shape index (κ2) is 8.86. The molecule has 3 aromatic rings. The van der Waals surface area contributed by atoms with Crippen LogP contribution in [0.15, 0.2) is 66.7 Å². The van der Waals surface area contributed by atoms with Crippen LogP contribution in [-0.4, -0.2) is 49.4 Å². The van der Waals surface area contributed by atoms with Crippen molar-refractivity contribution in [2.24, 2.45) is 0 Å². The molecule has 0 aliphatic carbocycles. The van der Waals surface area contributed by atoms with E-state index in [2.05, 4.69) is 6.07 Å². The second-order valence-electron chi connectivity index (χ2n) is 8.84. The number of amides is 2. The van der Waals surface area contributed by atoms with Crippen molar-refractivity contribution >= 4 is 11.8 Å². The Morgan fingerprint density at radius 3 is 2.38 bits per heavy atom. The molecule has 5 rings (SSSR count). The summed E-state index contributed by atoms with van der Waals surface area (Å²) in [4.78, 5) is 31.4. The van der Waals surface area contributed by atoms with Gasteiger partial charge in [-0.05, 0) is 40.8 Å². The molecule has 0 aromatic heterocycles. The van der Waals surface area contributed by atoms with Crippen LogP contribution in [0.4, 0.5) is 0 Å². The summed E-state index contributed by atoms with van der Waals surface area (Å²) in [7, 11) is 4.94. The number of ether oxygens (including phenoxy) is 2. The fourth-order valence-corrected chi connectivity index (χ4v) is 5.29. The molecule has 0 N–H and O–H groups in total. The van der Waals surface area contributed by atoms with Gasteiger partial charge in [0.15, 0.2) is 11.5 Å². The summed E-state index contributed by atoms with van der Waals surface area (Å²) >= 11 is 0. The summed E-state index contributed by atoms with van der Waals surface area (Å²) in [6.45, 7) is 1.06. The zero-order chi connectivity index (χ0) is 23.8. The van der Waals surface area contributed by atoms with E-state index in [1.807, 2.05) is 60.5 Å². The molecule has 2 amide bonds. The van der Waals surface area contributed by atoms with Crippen LogP contribution in [-0.2, 0) is 17.8 Å². The lowest BCUT2D eigenvalue weighted by molar-refractivity contribution is -0.134. The molecule has 6 nitrogen and oxygen atoms in total. The minimum Gasteiger partial charge on any atom is -0.493 e. The van der Waals surface area contributed by atoms with Crippen LogP contribution in [0.1, 0.15) is 44.6 Å². The Bertz CT molecular complexity index is 1240. The molecule has 0 spiro atoms. The van der Waals surface area contributed by atoms with Crippen molar-refractivity contribution in [3.05, 3.63) is 94.5 Å². The van der Waals surface area contributed by atoms with Crippen LogP contribution in [0.2, 0.25) is 0 Å². The highest BCUT2D eigenvalue weighted by atomic mass is 16.5. The van der Waals surface area contributed by atoms with Gasteiger partial charge in [0, 0.05) is 25.7 Å². The van der Waals surface area contributed by atoms with Gasteiger partial charge in [-0.3, -0.25) is 9.59 Å². The summed E-state index contributed by atoms with van der Waals surface area (Å²) in [5.74, 6) is 0.328. The average Bonchev–Trinajstić information content (AvgIpc) is 2.88. The standard InChI is InChI=1S/C28H28N2O4/c1-29(17-18-9-5-4-6-10-18)28(32)25-21-15-23(33-2)24(34-3)16-22(21)27(31)30-14-13-19-11-7-8-12-20(19)26(25)30/h4-12,15-16,25-26H,13-14,17H2,1-3H3/t25-,26-/m1/s1. The molecule has 0 fully saturated rings. The molecular weight excluding hydrogens is 428 g/mol. The average molecular weight is 457 g/mol. The molecule has 0 bridgehead atoms. The van der Waals surface area contributed by atoms with Crippen molar-refractivity contribution in [1.82, 2.24) is 9.80 Å². The molecule has 174 valence electrons. The van der Waals surface area contributed by atoms with Crippen LogP contribution in [0.5, 0.6) is 11.5 Å². The maximum atomic E-state index is 14.1. The molecule has 0 saturated heterocycles. The number of hydrogen-bond donors (Lipinski definition) is 0. The first kappa shape index (κ1) is 22.0. The number of carbonyl (C=O) groups is 2. The van der Waals surface area contributed by atoms with Gasteiger partial charge in [0.1, 0.15) is 0 Å². The molecule has 2 aliphatic rings. The predicted octanol–water partition coefficient (Wildman–Crippen LogP) is 4.20. The van der Waals surface area contributed by atoms with E-state index < -0.39 is 5.92 Å². The Hall–Kier alpha value is -3.80. The van der Waals surface area contributed by atoms with Crippen molar-refractivity contribution in [1.29, 1.82) is 0 Å². The van der Waals surface area contributed by atoms with Gasteiger partial charge in [-0.25, -0.2) is 0 Å². The molecule has 2 atom stereocenters. The highest BCUT2D eigenvalue weighted by Crippen LogP contribution is 2.49. The number of benzene rings is 3. The molecule has 2 aliphatic heterocycles. The minimum atomic E-state index is -0.553. The first-order chi connectivity index (χ1) is 16.5. The monoisotopic (exact) mass is 456 g/mol. The Morgan fingerprint density at radius 2 is 1.65 bits per heavy atom. The molecule has 0 radical (unpaired) electrons. The number of carbonyl (C=O) groups excluding carboxylic acids is 2. The van der Waals surface area contributed by atoms with Gasteiger partial charge in [-0.15, -0.1) is 0 Å². The highest BCUT2D eigenvalue weighted by molar-refractivity contribution is 6.02. The number of fused-ring (bicyclic) bond motifs is 4. The van der Waals surface area contributed by atoms with Crippen molar-refractivity contribution in [3.63, 3.8) is 0 Å². The molecule has 3 aromatic carbocycles. The molecule has 34 heavy (non-hydrogen) atoms. The predicted molar refractivity (Wildman–Crippen MR) is 129 cm³/mol. The fourth-order valence-electron chi connectivity index (χ4n) is 5.29. The van der Waals surface area contributed by atoms with Crippen molar-refractivity contribution in [3.8, 4) is 11.5 Å². The summed E-state index contributed by atoms with van der Waals surface area (Å²) in [6, 6.07) is 21.2. The third-order valence-corrected chi connectivity index (χ3v) is 6.93. The lowest BCUT2D eigenvalue weighted by atomic mass is 9.75. The van der Waals surface area contributed by atoms with Gasteiger partial charge in [0.25, 0.3) is 5.91 Å². The lowest BCUT2D eigenvalue weighted by Gasteiger charge is -2.46. The van der Waals surface area contributed by atoms with E-state index >= 15 is 0 Å². The third-order valence-electron chi connectivity index (χ3n) is 6.93. The number of hydrogen-bond acceptors (Lipinski definition) is 4. The number of methoxy groups -OCH3 is 2. The summed E-state index contributed by atoms with van der Waals surface area (Å²) in [5, 5.41) is 0. The van der Waals surface area contributed by atoms with E-state index in [1.165, 1.54) is 5.56 Å². The van der Waals surface area contributed by atoms with Gasteiger partial charge in [-0.1, -0.05) is 54.6 Å². The second-order valence-corrected chi connectivity index (χ2v) is 8.84. The minimum absolute atomic E-state index is 0.0310. The maximum Gasteiger partial charge on any atom is 0.254 e. The fraction of sp³-hybridized carbons (Fsp3) is 0.286. The zero-order valence-corrected chi connectivity index (χ0v) is 19.7. The van der Waals surface area contributed by atoms with E-state index in [9.17, 15) is 9.59 Å². The summed E-state index contributed by atoms with van der Waals surface area (Å²) in [5.41, 5.74) is 4.46. The van der Waals surface area contributed by atoms with Gasteiger partial charge in [0.2, 0.25) is 5.91 Å². The molecule has 0 saturated carbocycles. The van der Waals surface area contributed by atoms with Crippen molar-refractivity contribution in [2.75, 3.05) is 27.8 Å². The number of likely N-dealkylation sites (N-methyl/N-ethyl adjacent to an activating group) is 1. The smallest absolute Gasteiger partial charge is 0.254 e.